The molecule has 0 aromatic heterocycles. The van der Waals surface area contributed by atoms with Crippen LogP contribution in [0.2, 0.25) is 0 Å². The number of carbonyl (C=O) groups excluding carboxylic acids is 2. The van der Waals surface area contributed by atoms with Crippen LogP contribution >= 0.6 is 35.7 Å². The number of carbonyl (C=O) groups is 2. The normalized spacial score (nSPS) is 19.1. The smallest absolute Gasteiger partial charge is 0.346 e. The number of hydrogen-bond acceptors (Lipinski definition) is 6. The van der Waals surface area contributed by atoms with Crippen molar-refractivity contribution in [1.82, 2.24) is 0 Å². The third kappa shape index (κ3) is 4.74. The summed E-state index contributed by atoms with van der Waals surface area (Å²) in [5.41, 5.74) is 4.09. The molecule has 0 aliphatic carbocycles. The molecule has 0 saturated carbocycles. The first-order valence-corrected chi connectivity index (χ1v) is 13.8. The highest BCUT2D eigenvalue weighted by atomic mass is 32.2. The van der Waals surface area contributed by atoms with Crippen molar-refractivity contribution in [1.29, 1.82) is 0 Å². The molecule has 0 fully saturated rings. The summed E-state index contributed by atoms with van der Waals surface area (Å²) >= 11 is 9.07. The number of thiocarbonyl (C=S) groups is 1. The molecule has 1 amide bonds. The highest BCUT2D eigenvalue weighted by Crippen LogP contribution is 2.58. The van der Waals surface area contributed by atoms with Gasteiger partial charge in [-0.1, -0.05) is 84.6 Å². The first-order valence-electron chi connectivity index (χ1n) is 11.8. The molecule has 2 aliphatic heterocycles. The zero-order valence-corrected chi connectivity index (χ0v) is 23.1. The topological polar surface area (TPSA) is 46.6 Å². The van der Waals surface area contributed by atoms with Crippen molar-refractivity contribution in [3.63, 3.8) is 0 Å². The summed E-state index contributed by atoms with van der Waals surface area (Å²) in [6.45, 7) is 10.2. The van der Waals surface area contributed by atoms with Crippen molar-refractivity contribution >= 4 is 68.6 Å². The molecular weight excluding hydrogens is 495 g/mol. The van der Waals surface area contributed by atoms with Gasteiger partial charge < -0.3 is 9.64 Å². The third-order valence-electron chi connectivity index (χ3n) is 6.01. The second-order valence-corrected chi connectivity index (χ2v) is 11.7. The number of fused-ring (bicyclic) bond motifs is 1. The lowest BCUT2D eigenvalue weighted by Gasteiger charge is -2.45. The highest BCUT2D eigenvalue weighted by Gasteiger charge is 2.45. The van der Waals surface area contributed by atoms with E-state index in [1.165, 1.54) is 11.8 Å². The van der Waals surface area contributed by atoms with Crippen LogP contribution in [-0.4, -0.2) is 28.9 Å². The predicted octanol–water partition coefficient (Wildman–Crippen LogP) is 7.37. The first kappa shape index (κ1) is 25.7. The second kappa shape index (κ2) is 10.3. The summed E-state index contributed by atoms with van der Waals surface area (Å²) < 4.78 is 6.35. The molecule has 0 spiro atoms. The van der Waals surface area contributed by atoms with Crippen molar-refractivity contribution in [3.8, 4) is 0 Å². The van der Waals surface area contributed by atoms with E-state index in [0.29, 0.717) is 22.8 Å². The van der Waals surface area contributed by atoms with Gasteiger partial charge >= 0.3 is 5.97 Å². The van der Waals surface area contributed by atoms with Crippen molar-refractivity contribution in [3.05, 3.63) is 74.4 Å². The standard InChI is InChI=1S/C28H29NO3S3/c1-6-11-21(30)29-20-15-14-17(3)16-19(20)22(25(33)28(29,4)5)27-34-23(18-12-9-8-10-13-18)24(35-27)26(31)32-7-2/h8-10,12-16H,6-7,11H2,1-5H3/b27-22+. The minimum atomic E-state index is -0.688. The Morgan fingerprint density at radius 3 is 2.43 bits per heavy atom. The van der Waals surface area contributed by atoms with E-state index in [0.717, 1.165) is 43.5 Å². The Kier molecular flexibility index (Phi) is 7.60. The maximum absolute atomic E-state index is 13.3. The van der Waals surface area contributed by atoms with Crippen LogP contribution in [0.4, 0.5) is 5.69 Å². The lowest BCUT2D eigenvalue weighted by Crippen LogP contribution is -2.55. The largest absolute Gasteiger partial charge is 0.462 e. The SMILES string of the molecule is CCCC(=O)N1c2ccc(C)cc2/C(=C2\SC(C(=O)OCC)=C(c3ccccc3)S2)C(=S)C1(C)C. The zero-order valence-electron chi connectivity index (χ0n) is 20.6. The Balaban J connectivity index is 1.91. The molecule has 4 rings (SSSR count). The van der Waals surface area contributed by atoms with Crippen molar-refractivity contribution < 1.29 is 14.3 Å². The summed E-state index contributed by atoms with van der Waals surface area (Å²) in [5, 5.41) is 0. The molecule has 2 heterocycles. The van der Waals surface area contributed by atoms with E-state index in [-0.39, 0.29) is 11.9 Å². The Morgan fingerprint density at radius 1 is 1.06 bits per heavy atom. The van der Waals surface area contributed by atoms with E-state index < -0.39 is 5.54 Å². The van der Waals surface area contributed by atoms with Crippen molar-refractivity contribution in [2.75, 3.05) is 11.5 Å². The maximum atomic E-state index is 13.3. The quantitative estimate of drug-likeness (QED) is 0.232. The van der Waals surface area contributed by atoms with E-state index >= 15 is 0 Å². The number of hydrogen-bond donors (Lipinski definition) is 0. The maximum Gasteiger partial charge on any atom is 0.346 e. The molecule has 0 bridgehead atoms. The molecule has 2 aromatic rings. The summed E-state index contributed by atoms with van der Waals surface area (Å²) in [5.74, 6) is -0.263. The molecule has 0 unspecified atom stereocenters. The Labute approximate surface area is 221 Å². The average molecular weight is 524 g/mol. The van der Waals surface area contributed by atoms with Gasteiger partial charge in [-0.2, -0.15) is 0 Å². The highest BCUT2D eigenvalue weighted by molar-refractivity contribution is 8.32. The van der Waals surface area contributed by atoms with Gasteiger partial charge in [0.25, 0.3) is 0 Å². The second-order valence-electron chi connectivity index (χ2n) is 9.00. The first-order chi connectivity index (χ1) is 16.7. The fourth-order valence-electron chi connectivity index (χ4n) is 4.36. The average Bonchev–Trinajstić information content (AvgIpc) is 3.26. The van der Waals surface area contributed by atoms with E-state index in [4.69, 9.17) is 17.0 Å². The van der Waals surface area contributed by atoms with Gasteiger partial charge in [-0.05, 0) is 51.8 Å². The zero-order chi connectivity index (χ0) is 25.3. The van der Waals surface area contributed by atoms with Crippen LogP contribution in [0.3, 0.4) is 0 Å². The van der Waals surface area contributed by atoms with E-state index in [1.54, 1.807) is 11.8 Å². The number of anilines is 1. The van der Waals surface area contributed by atoms with Gasteiger partial charge in [0.2, 0.25) is 5.91 Å². The fraction of sp³-hybridized carbons (Fsp3) is 0.321. The molecule has 2 aliphatic rings. The van der Waals surface area contributed by atoms with Gasteiger partial charge in [0.15, 0.2) is 0 Å². The van der Waals surface area contributed by atoms with E-state index in [9.17, 15) is 9.59 Å². The lowest BCUT2D eigenvalue weighted by atomic mass is 9.82. The fourth-order valence-corrected chi connectivity index (χ4v) is 7.49. The van der Waals surface area contributed by atoms with Gasteiger partial charge in [-0.15, -0.1) is 0 Å². The van der Waals surface area contributed by atoms with Crippen LogP contribution in [-0.2, 0) is 14.3 Å². The number of esters is 1. The molecule has 0 atom stereocenters. The number of thioether (sulfide) groups is 2. The van der Waals surface area contributed by atoms with Crippen LogP contribution in [0.1, 0.15) is 57.2 Å². The summed E-state index contributed by atoms with van der Waals surface area (Å²) in [4.78, 5) is 30.2. The number of rotatable bonds is 5. The van der Waals surface area contributed by atoms with E-state index in [1.807, 2.05) is 82.0 Å². The number of amides is 1. The van der Waals surface area contributed by atoms with Crippen molar-refractivity contribution in [2.45, 2.75) is 53.0 Å². The van der Waals surface area contributed by atoms with Crippen LogP contribution in [0, 0.1) is 6.92 Å². The lowest BCUT2D eigenvalue weighted by molar-refractivity contribution is -0.137. The van der Waals surface area contributed by atoms with Gasteiger partial charge in [-0.25, -0.2) is 4.79 Å². The Morgan fingerprint density at radius 2 is 1.77 bits per heavy atom. The molecule has 7 heteroatoms. The number of ether oxygens (including phenoxy) is 1. The van der Waals surface area contributed by atoms with Crippen LogP contribution in [0.5, 0.6) is 0 Å². The molecule has 4 nitrogen and oxygen atoms in total. The molecular formula is C28H29NO3S3. The molecule has 35 heavy (non-hydrogen) atoms. The van der Waals surface area contributed by atoms with Gasteiger partial charge in [0, 0.05) is 22.5 Å². The van der Waals surface area contributed by atoms with Crippen LogP contribution in [0.25, 0.3) is 10.5 Å². The number of aryl methyl sites for hydroxylation is 1. The minimum Gasteiger partial charge on any atom is -0.462 e. The van der Waals surface area contributed by atoms with Crippen LogP contribution < -0.4 is 4.90 Å². The molecule has 0 N–H and O–H groups in total. The third-order valence-corrected chi connectivity index (χ3v) is 9.34. The minimum absolute atomic E-state index is 0.0658. The summed E-state index contributed by atoms with van der Waals surface area (Å²) in [6, 6.07) is 16.0. The number of benzene rings is 2. The van der Waals surface area contributed by atoms with Crippen LogP contribution in [0.15, 0.2) is 57.7 Å². The Hall–Kier alpha value is -2.35. The van der Waals surface area contributed by atoms with Gasteiger partial charge in [0.05, 0.1) is 26.9 Å². The summed E-state index contributed by atoms with van der Waals surface area (Å²) in [7, 11) is 0. The van der Waals surface area contributed by atoms with Crippen molar-refractivity contribution in [2.24, 2.45) is 0 Å². The monoisotopic (exact) mass is 523 g/mol. The van der Waals surface area contributed by atoms with Gasteiger partial charge in [0.1, 0.15) is 4.91 Å². The van der Waals surface area contributed by atoms with E-state index in [2.05, 4.69) is 6.07 Å². The summed E-state index contributed by atoms with van der Waals surface area (Å²) in [6.07, 6.45) is 1.23. The van der Waals surface area contributed by atoms with Gasteiger partial charge in [-0.3, -0.25) is 4.79 Å². The number of nitrogens with zero attached hydrogens (tertiary/aromatic N) is 1. The Bertz CT molecular complexity index is 1260. The molecule has 182 valence electrons. The molecule has 0 radical (unpaired) electrons. The predicted molar refractivity (Wildman–Crippen MR) is 152 cm³/mol. The molecule has 0 saturated heterocycles. The molecule has 2 aromatic carbocycles.